The lowest BCUT2D eigenvalue weighted by Gasteiger charge is -2.21. The number of methoxy groups -OCH3 is 1. The molecule has 4 heteroatoms. The molecule has 3 rings (SSSR count). The Morgan fingerprint density at radius 2 is 1.50 bits per heavy atom. The molecule has 0 spiro atoms. The van der Waals surface area contributed by atoms with E-state index < -0.39 is 12.6 Å². The van der Waals surface area contributed by atoms with E-state index >= 15 is 0 Å². The van der Waals surface area contributed by atoms with E-state index in [1.807, 2.05) is 67.6 Å². The van der Waals surface area contributed by atoms with Crippen molar-refractivity contribution in [2.45, 2.75) is 19.0 Å². The molecule has 2 aromatic carbocycles. The molecule has 0 heterocycles. The Morgan fingerprint density at radius 3 is 1.91 bits per heavy atom. The summed E-state index contributed by atoms with van der Waals surface area (Å²) in [5.74, 6) is -0.274. The topological polar surface area (TPSA) is 43.4 Å². The first kappa shape index (κ1) is 15.1. The lowest BCUT2D eigenvalue weighted by molar-refractivity contribution is -0.146. The van der Waals surface area contributed by atoms with Crippen molar-refractivity contribution in [3.8, 4) is 0 Å². The highest BCUT2D eigenvalue weighted by Gasteiger charge is 2.65. The Morgan fingerprint density at radius 1 is 1.05 bits per heavy atom. The highest BCUT2D eigenvalue weighted by atomic mass is 31.2. The maximum Gasteiger partial charge on any atom is 0.312 e. The van der Waals surface area contributed by atoms with E-state index in [-0.39, 0.29) is 11.6 Å². The normalized spacial score (nSPS) is 23.8. The van der Waals surface area contributed by atoms with Gasteiger partial charge >= 0.3 is 5.97 Å². The molecule has 114 valence electrons. The summed E-state index contributed by atoms with van der Waals surface area (Å²) in [7, 11) is -1.49. The van der Waals surface area contributed by atoms with Crippen LogP contribution < -0.4 is 10.6 Å². The minimum absolute atomic E-state index is 0.197. The van der Waals surface area contributed by atoms with E-state index in [1.54, 1.807) is 0 Å². The van der Waals surface area contributed by atoms with Gasteiger partial charge in [-0.05, 0) is 13.3 Å². The number of ether oxygens (including phenoxy) is 1. The van der Waals surface area contributed by atoms with Crippen LogP contribution in [0.15, 0.2) is 60.7 Å². The van der Waals surface area contributed by atoms with Gasteiger partial charge < -0.3 is 9.30 Å². The van der Waals surface area contributed by atoms with Crippen LogP contribution in [0.1, 0.15) is 13.3 Å². The van der Waals surface area contributed by atoms with E-state index in [0.29, 0.717) is 6.42 Å². The number of esters is 1. The van der Waals surface area contributed by atoms with Crippen LogP contribution in [0, 0.1) is 5.41 Å². The molecular formula is C18H19O3P. The van der Waals surface area contributed by atoms with Gasteiger partial charge in [0.1, 0.15) is 7.14 Å². The number of hydrogen-bond acceptors (Lipinski definition) is 3. The van der Waals surface area contributed by atoms with Crippen LogP contribution in [0.2, 0.25) is 0 Å². The molecule has 1 saturated carbocycles. The molecule has 2 atom stereocenters. The zero-order chi connectivity index (χ0) is 15.8. The smallest absolute Gasteiger partial charge is 0.312 e. The Balaban J connectivity index is 2.11. The molecule has 3 nitrogen and oxygen atoms in total. The van der Waals surface area contributed by atoms with Gasteiger partial charge in [-0.2, -0.15) is 0 Å². The van der Waals surface area contributed by atoms with E-state index in [9.17, 15) is 9.36 Å². The Hall–Kier alpha value is -1.86. The van der Waals surface area contributed by atoms with Gasteiger partial charge in [0.05, 0.1) is 12.5 Å². The van der Waals surface area contributed by atoms with Crippen molar-refractivity contribution in [3.63, 3.8) is 0 Å². The van der Waals surface area contributed by atoms with E-state index in [4.69, 9.17) is 4.74 Å². The lowest BCUT2D eigenvalue weighted by atomic mass is 10.1. The lowest BCUT2D eigenvalue weighted by Crippen LogP contribution is -2.25. The van der Waals surface area contributed by atoms with Crippen molar-refractivity contribution in [2.24, 2.45) is 5.41 Å². The van der Waals surface area contributed by atoms with Gasteiger partial charge in [-0.3, -0.25) is 4.79 Å². The summed E-state index contributed by atoms with van der Waals surface area (Å²) in [4.78, 5) is 12.1. The van der Waals surface area contributed by atoms with Gasteiger partial charge in [0.15, 0.2) is 0 Å². The summed E-state index contributed by atoms with van der Waals surface area (Å²) in [5.41, 5.74) is -0.854. The quantitative estimate of drug-likeness (QED) is 0.644. The molecule has 0 N–H and O–H groups in total. The minimum Gasteiger partial charge on any atom is -0.469 e. The molecule has 0 amide bonds. The third kappa shape index (κ3) is 2.21. The van der Waals surface area contributed by atoms with Gasteiger partial charge in [-0.15, -0.1) is 0 Å². The van der Waals surface area contributed by atoms with Crippen LogP contribution in [0.25, 0.3) is 0 Å². The molecular weight excluding hydrogens is 295 g/mol. The van der Waals surface area contributed by atoms with Crippen molar-refractivity contribution in [1.82, 2.24) is 0 Å². The fourth-order valence-electron chi connectivity index (χ4n) is 3.13. The first-order chi connectivity index (χ1) is 10.5. The second-order valence-electron chi connectivity index (χ2n) is 5.96. The zero-order valence-electron chi connectivity index (χ0n) is 12.7. The van der Waals surface area contributed by atoms with Gasteiger partial charge in [-0.1, -0.05) is 60.7 Å². The van der Waals surface area contributed by atoms with Crippen LogP contribution in [0.3, 0.4) is 0 Å². The first-order valence-electron chi connectivity index (χ1n) is 7.33. The van der Waals surface area contributed by atoms with Crippen molar-refractivity contribution >= 4 is 23.7 Å². The highest BCUT2D eigenvalue weighted by molar-refractivity contribution is 7.79. The third-order valence-electron chi connectivity index (χ3n) is 4.56. The Bertz CT molecular complexity index is 683. The molecule has 1 fully saturated rings. The third-order valence-corrected chi connectivity index (χ3v) is 8.32. The number of carbonyl (C=O) groups excluding carboxylic acids is 1. The second kappa shape index (κ2) is 5.40. The van der Waals surface area contributed by atoms with E-state index in [2.05, 4.69) is 0 Å². The van der Waals surface area contributed by atoms with Crippen LogP contribution in [0.5, 0.6) is 0 Å². The average Bonchev–Trinajstić information content (AvgIpc) is 3.29. The summed E-state index contributed by atoms with van der Waals surface area (Å²) in [6.45, 7) is 1.85. The standard InChI is InChI=1S/C18H19O3P/c1-18(17(19)21-2)13-16(18)22(20,14-9-5-3-6-10-14)15-11-7-4-8-12-15/h3-12,16H,13H2,1-2H3/t16-,18-/m0/s1. The molecule has 22 heavy (non-hydrogen) atoms. The molecule has 0 saturated heterocycles. The van der Waals surface area contributed by atoms with Crippen LogP contribution >= 0.6 is 7.14 Å². The minimum atomic E-state index is -2.87. The maximum absolute atomic E-state index is 14.0. The molecule has 0 radical (unpaired) electrons. The van der Waals surface area contributed by atoms with Gasteiger partial charge in [-0.25, -0.2) is 0 Å². The predicted octanol–water partition coefficient (Wildman–Crippen LogP) is 2.95. The first-order valence-corrected chi connectivity index (χ1v) is 9.10. The fourth-order valence-corrected chi connectivity index (χ4v) is 6.93. The van der Waals surface area contributed by atoms with Crippen molar-refractivity contribution < 1.29 is 14.1 Å². The summed E-state index contributed by atoms with van der Waals surface area (Å²) in [6, 6.07) is 19.0. The molecule has 0 bridgehead atoms. The predicted molar refractivity (Wildman–Crippen MR) is 88.3 cm³/mol. The van der Waals surface area contributed by atoms with Crippen molar-refractivity contribution in [3.05, 3.63) is 60.7 Å². The van der Waals surface area contributed by atoms with Crippen LogP contribution in [0.4, 0.5) is 0 Å². The Kier molecular flexibility index (Phi) is 3.70. The molecule has 0 aliphatic heterocycles. The zero-order valence-corrected chi connectivity index (χ0v) is 13.6. The van der Waals surface area contributed by atoms with Gasteiger partial charge in [0.25, 0.3) is 0 Å². The molecule has 1 aliphatic carbocycles. The number of carbonyl (C=O) groups is 1. The highest BCUT2D eigenvalue weighted by Crippen LogP contribution is 2.68. The average molecular weight is 314 g/mol. The molecule has 1 aliphatic rings. The van der Waals surface area contributed by atoms with E-state index in [1.165, 1.54) is 7.11 Å². The molecule has 2 aromatic rings. The largest absolute Gasteiger partial charge is 0.469 e. The Labute approximate surface area is 130 Å². The number of rotatable bonds is 4. The molecule has 0 unspecified atom stereocenters. The summed E-state index contributed by atoms with van der Waals surface area (Å²) < 4.78 is 18.9. The number of hydrogen-bond donors (Lipinski definition) is 0. The number of benzene rings is 2. The van der Waals surface area contributed by atoms with Crippen LogP contribution in [-0.2, 0) is 14.1 Å². The van der Waals surface area contributed by atoms with Gasteiger partial charge in [0, 0.05) is 16.3 Å². The SMILES string of the molecule is COC(=O)[C@@]1(C)C[C@@H]1P(=O)(c1ccccc1)c1ccccc1. The fraction of sp³-hybridized carbons (Fsp3) is 0.278. The molecule has 0 aromatic heterocycles. The monoisotopic (exact) mass is 314 g/mol. The summed E-state index contributed by atoms with van der Waals surface area (Å²) in [6.07, 6.45) is 0.598. The second-order valence-corrected chi connectivity index (χ2v) is 8.93. The maximum atomic E-state index is 14.0. The van der Waals surface area contributed by atoms with Crippen molar-refractivity contribution in [2.75, 3.05) is 7.11 Å². The van der Waals surface area contributed by atoms with Crippen LogP contribution in [-0.4, -0.2) is 18.7 Å². The van der Waals surface area contributed by atoms with E-state index in [0.717, 1.165) is 10.6 Å². The summed E-state index contributed by atoms with van der Waals surface area (Å²) >= 11 is 0. The van der Waals surface area contributed by atoms with Gasteiger partial charge in [0.2, 0.25) is 0 Å². The summed E-state index contributed by atoms with van der Waals surface area (Å²) in [5, 5.41) is 1.61. The van der Waals surface area contributed by atoms with Crippen molar-refractivity contribution in [1.29, 1.82) is 0 Å².